The molecule has 6 heteroatoms. The summed E-state index contributed by atoms with van der Waals surface area (Å²) in [7, 11) is -3.49. The van der Waals surface area contributed by atoms with Gasteiger partial charge in [-0.05, 0) is 36.5 Å². The van der Waals surface area contributed by atoms with E-state index in [0.717, 1.165) is 0 Å². The van der Waals surface area contributed by atoms with Gasteiger partial charge in [0, 0.05) is 6.54 Å². The molecule has 2 fully saturated rings. The molecule has 128 valence electrons. The van der Waals surface area contributed by atoms with Gasteiger partial charge in [0.25, 0.3) is 0 Å². The molecule has 1 aliphatic heterocycles. The Morgan fingerprint density at radius 3 is 2.43 bits per heavy atom. The summed E-state index contributed by atoms with van der Waals surface area (Å²) in [6.07, 6.45) is 6.08. The summed E-state index contributed by atoms with van der Waals surface area (Å²) in [5, 5.41) is 0. The fourth-order valence-corrected chi connectivity index (χ4v) is 4.36. The van der Waals surface area contributed by atoms with Gasteiger partial charge >= 0.3 is 0 Å². The van der Waals surface area contributed by atoms with Crippen LogP contribution in [0.2, 0.25) is 0 Å². The van der Waals surface area contributed by atoms with Crippen molar-refractivity contribution in [3.05, 3.63) is 29.8 Å². The molecule has 0 radical (unpaired) electrons. The Morgan fingerprint density at radius 2 is 1.78 bits per heavy atom. The number of sulfonamides is 1. The topological polar surface area (TPSA) is 64.6 Å². The maximum Gasteiger partial charge on any atom is 0.240 e. The van der Waals surface area contributed by atoms with Crippen molar-refractivity contribution in [2.75, 3.05) is 26.4 Å². The fraction of sp³-hybridized carbons (Fsp3) is 0.647. The lowest BCUT2D eigenvalue weighted by atomic mass is 9.84. The van der Waals surface area contributed by atoms with Crippen LogP contribution in [0.5, 0.6) is 0 Å². The molecule has 1 saturated heterocycles. The average molecular weight is 339 g/mol. The summed E-state index contributed by atoms with van der Waals surface area (Å²) in [5.41, 5.74) is 1.26. The van der Waals surface area contributed by atoms with E-state index in [1.54, 1.807) is 12.1 Å². The second-order valence-corrected chi connectivity index (χ2v) is 8.09. The first-order valence-corrected chi connectivity index (χ1v) is 9.92. The Morgan fingerprint density at radius 1 is 1.04 bits per heavy atom. The van der Waals surface area contributed by atoms with E-state index >= 15 is 0 Å². The summed E-state index contributed by atoms with van der Waals surface area (Å²) < 4.78 is 38.1. The van der Waals surface area contributed by atoms with Gasteiger partial charge in [-0.3, -0.25) is 0 Å². The van der Waals surface area contributed by atoms with E-state index in [2.05, 4.69) is 4.72 Å². The second-order valence-electron chi connectivity index (χ2n) is 6.32. The van der Waals surface area contributed by atoms with E-state index < -0.39 is 10.0 Å². The molecule has 0 unspecified atom stereocenters. The largest absolute Gasteiger partial charge is 0.376 e. The third-order valence-electron chi connectivity index (χ3n) is 4.65. The number of benzene rings is 1. The lowest BCUT2D eigenvalue weighted by Gasteiger charge is -2.23. The smallest absolute Gasteiger partial charge is 0.240 e. The zero-order valence-electron chi connectivity index (χ0n) is 13.4. The van der Waals surface area contributed by atoms with Gasteiger partial charge in [-0.2, -0.15) is 0 Å². The third kappa shape index (κ3) is 4.53. The van der Waals surface area contributed by atoms with Gasteiger partial charge in [-0.25, -0.2) is 13.1 Å². The number of ether oxygens (including phenoxy) is 2. The first-order valence-electron chi connectivity index (χ1n) is 8.44. The van der Waals surface area contributed by atoms with Gasteiger partial charge in [-0.15, -0.1) is 0 Å². The highest BCUT2D eigenvalue weighted by Crippen LogP contribution is 2.32. The van der Waals surface area contributed by atoms with Crippen molar-refractivity contribution < 1.29 is 17.9 Å². The monoisotopic (exact) mass is 339 g/mol. The maximum absolute atomic E-state index is 12.4. The molecule has 3 rings (SSSR count). The molecule has 0 bridgehead atoms. The van der Waals surface area contributed by atoms with E-state index in [9.17, 15) is 8.42 Å². The van der Waals surface area contributed by atoms with Crippen molar-refractivity contribution in [1.29, 1.82) is 0 Å². The first kappa shape index (κ1) is 16.9. The lowest BCUT2D eigenvalue weighted by molar-refractivity contribution is -0.0846. The van der Waals surface area contributed by atoms with Crippen molar-refractivity contribution in [3.8, 4) is 0 Å². The molecule has 1 aromatic carbocycles. The van der Waals surface area contributed by atoms with Crippen molar-refractivity contribution in [3.63, 3.8) is 0 Å². The van der Waals surface area contributed by atoms with E-state index in [4.69, 9.17) is 9.47 Å². The van der Waals surface area contributed by atoms with Crippen LogP contribution in [0.25, 0.3) is 0 Å². The predicted octanol–water partition coefficient (Wildman–Crippen LogP) is 2.43. The molecular formula is C17H25NO4S. The normalized spacial score (nSPS) is 23.7. The molecule has 2 aliphatic rings. The van der Waals surface area contributed by atoms with Crippen LogP contribution in [-0.2, 0) is 19.5 Å². The Bertz CT molecular complexity index is 588. The molecule has 1 aromatic rings. The van der Waals surface area contributed by atoms with Gasteiger partial charge in [0.05, 0.1) is 30.8 Å². The van der Waals surface area contributed by atoms with Gasteiger partial charge in [-0.1, -0.05) is 31.4 Å². The molecule has 0 aromatic heterocycles. The number of hydrogen-bond acceptors (Lipinski definition) is 4. The molecule has 0 amide bonds. The quantitative estimate of drug-likeness (QED) is 0.895. The molecule has 23 heavy (non-hydrogen) atoms. The Labute approximate surface area is 138 Å². The SMILES string of the molecule is O=S(=O)(NC[C@H]1COCCO1)c1ccc(C2CCCCC2)cc1. The second kappa shape index (κ2) is 7.75. The fourth-order valence-electron chi connectivity index (χ4n) is 3.30. The van der Waals surface area contributed by atoms with E-state index in [0.29, 0.717) is 30.6 Å². The van der Waals surface area contributed by atoms with Crippen molar-refractivity contribution in [2.24, 2.45) is 0 Å². The third-order valence-corrected chi connectivity index (χ3v) is 6.09. The molecule has 5 nitrogen and oxygen atoms in total. The number of rotatable bonds is 5. The summed E-state index contributed by atoms with van der Waals surface area (Å²) in [4.78, 5) is 0.314. The minimum absolute atomic E-state index is 0.208. The summed E-state index contributed by atoms with van der Waals surface area (Å²) in [6, 6.07) is 7.35. The van der Waals surface area contributed by atoms with Crippen LogP contribution >= 0.6 is 0 Å². The lowest BCUT2D eigenvalue weighted by Crippen LogP contribution is -2.39. The van der Waals surface area contributed by atoms with Crippen LogP contribution in [0.3, 0.4) is 0 Å². The van der Waals surface area contributed by atoms with E-state index in [1.165, 1.54) is 37.7 Å². The highest BCUT2D eigenvalue weighted by atomic mass is 32.2. The highest BCUT2D eigenvalue weighted by Gasteiger charge is 2.21. The molecule has 0 spiro atoms. The van der Waals surface area contributed by atoms with Crippen molar-refractivity contribution >= 4 is 10.0 Å². The molecule has 1 aliphatic carbocycles. The molecule has 1 heterocycles. The standard InChI is InChI=1S/C17H25NO4S/c19-23(20,18-12-16-13-21-10-11-22-16)17-8-6-15(7-9-17)14-4-2-1-3-5-14/h6-9,14,16,18H,1-5,10-13H2/t16-/m0/s1. The van der Waals surface area contributed by atoms with E-state index in [1.807, 2.05) is 12.1 Å². The van der Waals surface area contributed by atoms with Crippen LogP contribution in [0.1, 0.15) is 43.6 Å². The molecule has 1 saturated carbocycles. The Kier molecular flexibility index (Phi) is 5.69. The van der Waals surface area contributed by atoms with Crippen LogP contribution < -0.4 is 4.72 Å². The van der Waals surface area contributed by atoms with Gasteiger partial charge in [0.15, 0.2) is 0 Å². The van der Waals surface area contributed by atoms with Crippen molar-refractivity contribution in [1.82, 2.24) is 4.72 Å². The maximum atomic E-state index is 12.4. The Balaban J connectivity index is 1.60. The number of nitrogens with one attached hydrogen (secondary N) is 1. The summed E-state index contributed by atoms with van der Waals surface area (Å²) in [5.74, 6) is 0.584. The van der Waals surface area contributed by atoms with E-state index in [-0.39, 0.29) is 12.6 Å². The highest BCUT2D eigenvalue weighted by molar-refractivity contribution is 7.89. The number of hydrogen-bond donors (Lipinski definition) is 1. The Hall–Kier alpha value is -0.950. The zero-order valence-corrected chi connectivity index (χ0v) is 14.2. The van der Waals surface area contributed by atoms with Gasteiger partial charge in [0.1, 0.15) is 0 Å². The van der Waals surface area contributed by atoms with Gasteiger partial charge in [0.2, 0.25) is 10.0 Å². The predicted molar refractivity (Wildman–Crippen MR) is 88.0 cm³/mol. The average Bonchev–Trinajstić information content (AvgIpc) is 2.62. The minimum atomic E-state index is -3.49. The van der Waals surface area contributed by atoms with Crippen LogP contribution in [-0.4, -0.2) is 40.9 Å². The van der Waals surface area contributed by atoms with Crippen LogP contribution in [0.15, 0.2) is 29.2 Å². The van der Waals surface area contributed by atoms with Crippen LogP contribution in [0.4, 0.5) is 0 Å². The zero-order chi connectivity index (χ0) is 16.1. The molecular weight excluding hydrogens is 314 g/mol. The van der Waals surface area contributed by atoms with Crippen LogP contribution in [0, 0.1) is 0 Å². The first-order chi connectivity index (χ1) is 11.1. The van der Waals surface area contributed by atoms with Gasteiger partial charge < -0.3 is 9.47 Å². The summed E-state index contributed by atoms with van der Waals surface area (Å²) >= 11 is 0. The molecule has 1 atom stereocenters. The minimum Gasteiger partial charge on any atom is -0.376 e. The van der Waals surface area contributed by atoms with Crippen molar-refractivity contribution in [2.45, 2.75) is 49.0 Å². The summed E-state index contributed by atoms with van der Waals surface area (Å²) in [6.45, 7) is 1.77. The molecule has 1 N–H and O–H groups in total.